The first-order valence-electron chi connectivity index (χ1n) is 3.32. The van der Waals surface area contributed by atoms with E-state index in [2.05, 4.69) is 9.78 Å². The Hall–Kier alpha value is -1.55. The summed E-state index contributed by atoms with van der Waals surface area (Å²) >= 11 is 0. The largest absolute Gasteiger partial charge is 0.507 e. The third-order valence-corrected chi connectivity index (χ3v) is 1.33. The number of rotatable bonds is 3. The number of benzene rings is 1. The number of phenolic OH excluding ortho intramolecular Hbond substituents is 1. The molecule has 1 aromatic rings. The van der Waals surface area contributed by atoms with Crippen LogP contribution in [0.1, 0.15) is 5.56 Å². The summed E-state index contributed by atoms with van der Waals surface area (Å²) in [6.07, 6.45) is 1.04. The lowest BCUT2D eigenvalue weighted by molar-refractivity contribution is -0.178. The minimum atomic E-state index is 0.0495. The second kappa shape index (κ2) is 3.73. The van der Waals surface area contributed by atoms with Gasteiger partial charge in [-0.3, -0.25) is 0 Å². The van der Waals surface area contributed by atoms with E-state index in [-0.39, 0.29) is 5.75 Å². The molecule has 4 heteroatoms. The van der Waals surface area contributed by atoms with Gasteiger partial charge in [0.2, 0.25) is 0 Å². The van der Waals surface area contributed by atoms with E-state index in [1.165, 1.54) is 19.2 Å². The molecular formula is C8H9NO3. The number of hydrogen-bond acceptors (Lipinski definition) is 4. The predicted molar refractivity (Wildman–Crippen MR) is 43.6 cm³/mol. The summed E-state index contributed by atoms with van der Waals surface area (Å²) in [7, 11) is 1.39. The fraction of sp³-hybridized carbons (Fsp3) is 0.125. The first-order valence-corrected chi connectivity index (χ1v) is 3.32. The first kappa shape index (κ1) is 8.55. The zero-order valence-electron chi connectivity index (χ0n) is 6.57. The van der Waals surface area contributed by atoms with E-state index in [4.69, 9.17) is 10.5 Å². The summed E-state index contributed by atoms with van der Waals surface area (Å²) in [5.74, 6) is 0.502. The Labute approximate surface area is 69.8 Å². The van der Waals surface area contributed by atoms with Crippen LogP contribution in [-0.4, -0.2) is 18.4 Å². The smallest absolute Gasteiger partial charge is 0.166 e. The molecule has 0 fully saturated rings. The molecule has 0 aliphatic heterocycles. The van der Waals surface area contributed by atoms with Gasteiger partial charge in [-0.25, -0.2) is 0 Å². The molecule has 2 N–H and O–H groups in total. The number of phenols is 1. The van der Waals surface area contributed by atoms with Crippen molar-refractivity contribution in [3.05, 3.63) is 23.8 Å². The van der Waals surface area contributed by atoms with Crippen molar-refractivity contribution in [1.82, 2.24) is 0 Å². The second-order valence-electron chi connectivity index (χ2n) is 2.11. The maximum Gasteiger partial charge on any atom is 0.166 e. The van der Waals surface area contributed by atoms with Crippen LogP contribution in [0.15, 0.2) is 18.2 Å². The maximum atomic E-state index is 9.16. The molecule has 0 heterocycles. The fourth-order valence-corrected chi connectivity index (χ4v) is 0.796. The van der Waals surface area contributed by atoms with Crippen molar-refractivity contribution >= 4 is 6.21 Å². The van der Waals surface area contributed by atoms with Crippen molar-refractivity contribution in [2.45, 2.75) is 0 Å². The first-order chi connectivity index (χ1) is 5.77. The summed E-state index contributed by atoms with van der Waals surface area (Å²) in [5.41, 5.74) is 0.393. The molecular weight excluding hydrogens is 158 g/mol. The predicted octanol–water partition coefficient (Wildman–Crippen LogP) is 1.33. The Morgan fingerprint density at radius 2 is 2.25 bits per heavy atom. The van der Waals surface area contributed by atoms with Crippen LogP contribution in [0.25, 0.3) is 0 Å². The molecule has 0 saturated carbocycles. The van der Waals surface area contributed by atoms with Crippen molar-refractivity contribution in [3.63, 3.8) is 0 Å². The highest BCUT2D eigenvalue weighted by Crippen LogP contribution is 2.21. The van der Waals surface area contributed by atoms with Crippen molar-refractivity contribution in [3.8, 4) is 11.5 Å². The van der Waals surface area contributed by atoms with Gasteiger partial charge in [-0.1, -0.05) is 0 Å². The van der Waals surface area contributed by atoms with Gasteiger partial charge in [-0.05, 0) is 18.2 Å². The minimum Gasteiger partial charge on any atom is -0.507 e. The second-order valence-corrected chi connectivity index (χ2v) is 2.11. The van der Waals surface area contributed by atoms with Gasteiger partial charge < -0.3 is 15.4 Å². The van der Waals surface area contributed by atoms with Crippen LogP contribution in [0.4, 0.5) is 0 Å². The van der Waals surface area contributed by atoms with Crippen LogP contribution in [0.2, 0.25) is 0 Å². The van der Waals surface area contributed by atoms with E-state index in [1.807, 2.05) is 0 Å². The highest BCUT2D eigenvalue weighted by molar-refractivity contribution is 5.81. The Bertz CT molecular complexity index is 286. The summed E-state index contributed by atoms with van der Waals surface area (Å²) in [4.78, 5) is 9.10. The molecule has 0 unspecified atom stereocenters. The molecule has 12 heavy (non-hydrogen) atoms. The fourth-order valence-electron chi connectivity index (χ4n) is 0.796. The van der Waals surface area contributed by atoms with Crippen LogP contribution < -0.4 is 4.89 Å². The normalized spacial score (nSPS) is 9.42. The highest BCUT2D eigenvalue weighted by atomic mass is 17.2. The van der Waals surface area contributed by atoms with Crippen molar-refractivity contribution in [1.29, 1.82) is 5.41 Å². The summed E-state index contributed by atoms with van der Waals surface area (Å²) in [6.45, 7) is 0. The van der Waals surface area contributed by atoms with Crippen LogP contribution in [0, 0.1) is 5.41 Å². The zero-order valence-corrected chi connectivity index (χ0v) is 6.57. The third kappa shape index (κ3) is 1.73. The molecule has 1 rings (SSSR count). The van der Waals surface area contributed by atoms with Crippen LogP contribution in [-0.2, 0) is 4.89 Å². The Kier molecular flexibility index (Phi) is 2.66. The zero-order chi connectivity index (χ0) is 8.97. The number of nitrogens with one attached hydrogen (secondary N) is 1. The lowest BCUT2D eigenvalue weighted by Gasteiger charge is -2.02. The average Bonchev–Trinajstić information content (AvgIpc) is 2.09. The molecule has 0 aromatic heterocycles. The lowest BCUT2D eigenvalue weighted by atomic mass is 10.2. The van der Waals surface area contributed by atoms with E-state index < -0.39 is 0 Å². The molecule has 0 spiro atoms. The Morgan fingerprint density at radius 1 is 1.50 bits per heavy atom. The van der Waals surface area contributed by atoms with Gasteiger partial charge in [-0.15, -0.1) is 0 Å². The molecule has 64 valence electrons. The van der Waals surface area contributed by atoms with Crippen molar-refractivity contribution in [2.75, 3.05) is 7.11 Å². The van der Waals surface area contributed by atoms with Gasteiger partial charge in [0.15, 0.2) is 5.75 Å². The van der Waals surface area contributed by atoms with E-state index in [0.717, 1.165) is 6.21 Å². The topological polar surface area (TPSA) is 62.5 Å². The molecule has 0 bridgehead atoms. The van der Waals surface area contributed by atoms with Crippen LogP contribution >= 0.6 is 0 Å². The van der Waals surface area contributed by atoms with E-state index >= 15 is 0 Å². The van der Waals surface area contributed by atoms with Crippen LogP contribution in [0.5, 0.6) is 11.5 Å². The summed E-state index contributed by atoms with van der Waals surface area (Å²) in [6, 6.07) is 4.49. The Morgan fingerprint density at radius 3 is 2.83 bits per heavy atom. The number of aromatic hydroxyl groups is 1. The SMILES string of the molecule is COOc1ccc(O)c(C=N)c1. The van der Waals surface area contributed by atoms with Gasteiger partial charge in [-0.2, -0.15) is 4.89 Å². The van der Waals surface area contributed by atoms with Gasteiger partial charge >= 0.3 is 0 Å². The van der Waals surface area contributed by atoms with Gasteiger partial charge in [0.05, 0.1) is 7.11 Å². The maximum absolute atomic E-state index is 9.16. The van der Waals surface area contributed by atoms with Gasteiger partial charge in [0, 0.05) is 11.8 Å². The molecule has 4 nitrogen and oxygen atoms in total. The van der Waals surface area contributed by atoms with Gasteiger partial charge in [0.25, 0.3) is 0 Å². The van der Waals surface area contributed by atoms with E-state index in [9.17, 15) is 0 Å². The summed E-state index contributed by atoms with van der Waals surface area (Å²) in [5, 5.41) is 16.1. The standard InChI is InChI=1S/C8H9NO3/c1-11-12-7-2-3-8(10)6(4-7)5-9/h2-5,9-10H,1H3. The van der Waals surface area contributed by atoms with Gasteiger partial charge in [0.1, 0.15) is 5.75 Å². The highest BCUT2D eigenvalue weighted by Gasteiger charge is 2.00. The van der Waals surface area contributed by atoms with E-state index in [0.29, 0.717) is 11.3 Å². The lowest BCUT2D eigenvalue weighted by Crippen LogP contribution is -1.91. The minimum absolute atomic E-state index is 0.0495. The van der Waals surface area contributed by atoms with Crippen LogP contribution in [0.3, 0.4) is 0 Å². The number of hydrogen-bond donors (Lipinski definition) is 2. The third-order valence-electron chi connectivity index (χ3n) is 1.33. The quantitative estimate of drug-likeness (QED) is 0.405. The Balaban J connectivity index is 2.96. The molecule has 0 aliphatic carbocycles. The monoisotopic (exact) mass is 167 g/mol. The molecule has 0 saturated heterocycles. The summed E-state index contributed by atoms with van der Waals surface area (Å²) < 4.78 is 0. The molecule has 0 amide bonds. The molecule has 1 aromatic carbocycles. The molecule has 0 radical (unpaired) electrons. The molecule has 0 atom stereocenters. The average molecular weight is 167 g/mol. The van der Waals surface area contributed by atoms with Crippen molar-refractivity contribution in [2.24, 2.45) is 0 Å². The van der Waals surface area contributed by atoms with E-state index in [1.54, 1.807) is 6.07 Å². The van der Waals surface area contributed by atoms with Crippen molar-refractivity contribution < 1.29 is 14.9 Å². The molecule has 0 aliphatic rings.